The second-order valence-corrected chi connectivity index (χ2v) is 4.59. The standard InChI is InChI=1S/C12H26N2/c1-3-4-10-14(2)11-8-12-7-5-6-9-13-12/h12-13H,3-11H2,1-2H3. The molecule has 2 nitrogen and oxygen atoms in total. The normalized spacial score (nSPS) is 22.9. The molecule has 1 saturated heterocycles. The van der Waals surface area contributed by atoms with Crippen molar-refractivity contribution in [1.82, 2.24) is 10.2 Å². The van der Waals surface area contributed by atoms with E-state index < -0.39 is 0 Å². The molecule has 0 amide bonds. The fraction of sp³-hybridized carbons (Fsp3) is 1.00. The third kappa shape index (κ3) is 4.97. The fourth-order valence-corrected chi connectivity index (χ4v) is 2.09. The molecule has 1 N–H and O–H groups in total. The number of nitrogens with zero attached hydrogens (tertiary/aromatic N) is 1. The van der Waals surface area contributed by atoms with E-state index in [2.05, 4.69) is 24.2 Å². The van der Waals surface area contributed by atoms with Gasteiger partial charge in [-0.1, -0.05) is 19.8 Å². The Morgan fingerprint density at radius 3 is 2.79 bits per heavy atom. The van der Waals surface area contributed by atoms with Gasteiger partial charge in [-0.15, -0.1) is 0 Å². The highest BCUT2D eigenvalue weighted by molar-refractivity contribution is 4.73. The van der Waals surface area contributed by atoms with E-state index in [9.17, 15) is 0 Å². The molecule has 1 aliphatic heterocycles. The number of unbranched alkanes of at least 4 members (excludes halogenated alkanes) is 1. The number of hydrogen-bond acceptors (Lipinski definition) is 2. The Hall–Kier alpha value is -0.0800. The second-order valence-electron chi connectivity index (χ2n) is 4.59. The Morgan fingerprint density at radius 2 is 2.14 bits per heavy atom. The lowest BCUT2D eigenvalue weighted by molar-refractivity contribution is 0.284. The van der Waals surface area contributed by atoms with Gasteiger partial charge in [-0.3, -0.25) is 0 Å². The minimum Gasteiger partial charge on any atom is -0.314 e. The maximum atomic E-state index is 3.60. The van der Waals surface area contributed by atoms with Crippen LogP contribution in [0.4, 0.5) is 0 Å². The van der Waals surface area contributed by atoms with Crippen LogP contribution in [0.2, 0.25) is 0 Å². The summed E-state index contributed by atoms with van der Waals surface area (Å²) in [6.45, 7) is 6.03. The third-order valence-electron chi connectivity index (χ3n) is 3.17. The highest BCUT2D eigenvalue weighted by atomic mass is 15.1. The quantitative estimate of drug-likeness (QED) is 0.704. The van der Waals surface area contributed by atoms with Gasteiger partial charge in [0.15, 0.2) is 0 Å². The summed E-state index contributed by atoms with van der Waals surface area (Å²) in [5.41, 5.74) is 0. The van der Waals surface area contributed by atoms with Gasteiger partial charge in [-0.05, 0) is 52.4 Å². The first-order valence-corrected chi connectivity index (χ1v) is 6.25. The molecule has 1 aliphatic rings. The lowest BCUT2D eigenvalue weighted by atomic mass is 10.0. The van der Waals surface area contributed by atoms with Crippen LogP contribution in [0.3, 0.4) is 0 Å². The molecule has 1 rings (SSSR count). The predicted octanol–water partition coefficient (Wildman–Crippen LogP) is 2.25. The summed E-state index contributed by atoms with van der Waals surface area (Å²) < 4.78 is 0. The van der Waals surface area contributed by atoms with Crippen molar-refractivity contribution in [3.05, 3.63) is 0 Å². The van der Waals surface area contributed by atoms with Crippen molar-refractivity contribution in [3.8, 4) is 0 Å². The van der Waals surface area contributed by atoms with E-state index in [0.717, 1.165) is 6.04 Å². The van der Waals surface area contributed by atoms with Crippen LogP contribution in [0.5, 0.6) is 0 Å². The molecule has 2 heteroatoms. The number of nitrogens with one attached hydrogen (secondary N) is 1. The average Bonchev–Trinajstić information content (AvgIpc) is 2.25. The van der Waals surface area contributed by atoms with E-state index in [1.807, 2.05) is 0 Å². The fourth-order valence-electron chi connectivity index (χ4n) is 2.09. The molecule has 0 saturated carbocycles. The Kier molecular flexibility index (Phi) is 6.20. The van der Waals surface area contributed by atoms with E-state index in [1.54, 1.807) is 0 Å². The Morgan fingerprint density at radius 1 is 1.29 bits per heavy atom. The lowest BCUT2D eigenvalue weighted by Crippen LogP contribution is -2.36. The van der Waals surface area contributed by atoms with Crippen LogP contribution in [-0.4, -0.2) is 37.6 Å². The van der Waals surface area contributed by atoms with Crippen LogP contribution in [0.1, 0.15) is 45.4 Å². The summed E-state index contributed by atoms with van der Waals surface area (Å²) in [6, 6.07) is 0.799. The summed E-state index contributed by atoms with van der Waals surface area (Å²) >= 11 is 0. The monoisotopic (exact) mass is 198 g/mol. The molecule has 0 bridgehead atoms. The van der Waals surface area contributed by atoms with Gasteiger partial charge in [0.2, 0.25) is 0 Å². The first-order valence-electron chi connectivity index (χ1n) is 6.25. The minimum absolute atomic E-state index is 0.799. The molecule has 0 radical (unpaired) electrons. The van der Waals surface area contributed by atoms with Crippen molar-refractivity contribution in [2.24, 2.45) is 0 Å². The summed E-state index contributed by atoms with van der Waals surface area (Å²) in [4.78, 5) is 2.47. The van der Waals surface area contributed by atoms with E-state index in [0.29, 0.717) is 0 Å². The number of piperidine rings is 1. The van der Waals surface area contributed by atoms with Crippen molar-refractivity contribution in [3.63, 3.8) is 0 Å². The van der Waals surface area contributed by atoms with Crippen LogP contribution >= 0.6 is 0 Å². The Balaban J connectivity index is 2.00. The molecule has 0 aliphatic carbocycles. The Bertz CT molecular complexity index is 130. The van der Waals surface area contributed by atoms with Gasteiger partial charge >= 0.3 is 0 Å². The van der Waals surface area contributed by atoms with Crippen LogP contribution < -0.4 is 5.32 Å². The molecular formula is C12H26N2. The zero-order valence-corrected chi connectivity index (χ0v) is 9.89. The summed E-state index contributed by atoms with van der Waals surface area (Å²) in [7, 11) is 2.25. The molecule has 84 valence electrons. The topological polar surface area (TPSA) is 15.3 Å². The third-order valence-corrected chi connectivity index (χ3v) is 3.17. The highest BCUT2D eigenvalue weighted by Gasteiger charge is 2.12. The predicted molar refractivity (Wildman–Crippen MR) is 62.7 cm³/mol. The first-order chi connectivity index (χ1) is 6.83. The van der Waals surface area contributed by atoms with Crippen LogP contribution in [0.15, 0.2) is 0 Å². The molecule has 14 heavy (non-hydrogen) atoms. The number of rotatable bonds is 6. The van der Waals surface area contributed by atoms with Gasteiger partial charge in [0, 0.05) is 6.04 Å². The Labute approximate surface area is 89.1 Å². The SMILES string of the molecule is CCCCN(C)CCC1CCCCN1. The smallest absolute Gasteiger partial charge is 0.00792 e. The maximum Gasteiger partial charge on any atom is 0.00792 e. The van der Waals surface area contributed by atoms with Gasteiger partial charge in [-0.2, -0.15) is 0 Å². The maximum absolute atomic E-state index is 3.60. The van der Waals surface area contributed by atoms with Gasteiger partial charge in [0.25, 0.3) is 0 Å². The highest BCUT2D eigenvalue weighted by Crippen LogP contribution is 2.10. The molecule has 1 atom stereocenters. The van der Waals surface area contributed by atoms with Crippen molar-refractivity contribution >= 4 is 0 Å². The average molecular weight is 198 g/mol. The summed E-state index contributed by atoms with van der Waals surface area (Å²) in [5, 5.41) is 3.60. The van der Waals surface area contributed by atoms with E-state index in [-0.39, 0.29) is 0 Å². The van der Waals surface area contributed by atoms with Crippen molar-refractivity contribution in [1.29, 1.82) is 0 Å². The van der Waals surface area contributed by atoms with Gasteiger partial charge in [-0.25, -0.2) is 0 Å². The molecule has 0 spiro atoms. The van der Waals surface area contributed by atoms with E-state index in [4.69, 9.17) is 0 Å². The van der Waals surface area contributed by atoms with Crippen molar-refractivity contribution in [2.45, 2.75) is 51.5 Å². The molecule has 0 aromatic carbocycles. The molecule has 1 heterocycles. The van der Waals surface area contributed by atoms with Crippen LogP contribution in [-0.2, 0) is 0 Å². The minimum atomic E-state index is 0.799. The summed E-state index contributed by atoms with van der Waals surface area (Å²) in [6.07, 6.45) is 8.18. The largest absolute Gasteiger partial charge is 0.314 e. The molecule has 1 fully saturated rings. The van der Waals surface area contributed by atoms with Gasteiger partial charge in [0.1, 0.15) is 0 Å². The zero-order valence-electron chi connectivity index (χ0n) is 9.89. The molecule has 0 aromatic rings. The van der Waals surface area contributed by atoms with E-state index >= 15 is 0 Å². The van der Waals surface area contributed by atoms with Crippen molar-refractivity contribution < 1.29 is 0 Å². The molecule has 0 aromatic heterocycles. The number of hydrogen-bond donors (Lipinski definition) is 1. The van der Waals surface area contributed by atoms with Gasteiger partial charge < -0.3 is 10.2 Å². The van der Waals surface area contributed by atoms with Crippen LogP contribution in [0.25, 0.3) is 0 Å². The first kappa shape index (κ1) is 12.0. The van der Waals surface area contributed by atoms with Gasteiger partial charge in [0.05, 0.1) is 0 Å². The van der Waals surface area contributed by atoms with E-state index in [1.165, 1.54) is 58.2 Å². The molecular weight excluding hydrogens is 172 g/mol. The molecule has 1 unspecified atom stereocenters. The second kappa shape index (κ2) is 7.24. The van der Waals surface area contributed by atoms with Crippen LogP contribution in [0, 0.1) is 0 Å². The summed E-state index contributed by atoms with van der Waals surface area (Å²) in [5.74, 6) is 0. The zero-order chi connectivity index (χ0) is 10.2. The van der Waals surface area contributed by atoms with Crippen molar-refractivity contribution in [2.75, 3.05) is 26.7 Å². The lowest BCUT2D eigenvalue weighted by Gasteiger charge is -2.25.